The predicted molar refractivity (Wildman–Crippen MR) is 164 cm³/mol. The fraction of sp³-hybridized carbons (Fsp3) is 0.375. The fourth-order valence-electron chi connectivity index (χ4n) is 5.57. The number of ketones is 1. The van der Waals surface area contributed by atoms with Crippen molar-refractivity contribution in [1.29, 1.82) is 0 Å². The van der Waals surface area contributed by atoms with Gasteiger partial charge in [0.1, 0.15) is 18.1 Å². The molecule has 10 nitrogen and oxygen atoms in total. The van der Waals surface area contributed by atoms with Crippen molar-refractivity contribution in [1.82, 2.24) is 34.9 Å². The molecule has 0 radical (unpaired) electrons. The van der Waals surface area contributed by atoms with Crippen LogP contribution in [0.1, 0.15) is 54.9 Å². The topological polar surface area (TPSA) is 108 Å². The lowest BCUT2D eigenvalue weighted by Gasteiger charge is -2.38. The highest BCUT2D eigenvalue weighted by molar-refractivity contribution is 8.14. The normalized spacial score (nSPS) is 18.8. The van der Waals surface area contributed by atoms with Gasteiger partial charge in [-0.05, 0) is 66.0 Å². The van der Waals surface area contributed by atoms with Crippen molar-refractivity contribution in [2.45, 2.75) is 50.6 Å². The van der Waals surface area contributed by atoms with Crippen molar-refractivity contribution in [3.8, 4) is 5.75 Å². The predicted octanol–water partition coefficient (Wildman–Crippen LogP) is 4.57. The number of carbonyl (C=O) groups is 2. The van der Waals surface area contributed by atoms with Gasteiger partial charge in [0, 0.05) is 42.9 Å². The largest absolute Gasteiger partial charge is 0.497 e. The number of nitrogens with zero attached hydrogens (tertiary/aromatic N) is 7. The van der Waals surface area contributed by atoms with Gasteiger partial charge in [-0.2, -0.15) is 9.90 Å². The molecule has 0 bridgehead atoms. The van der Waals surface area contributed by atoms with Gasteiger partial charge in [0.2, 0.25) is 0 Å². The second kappa shape index (κ2) is 13.2. The van der Waals surface area contributed by atoms with Crippen molar-refractivity contribution < 1.29 is 18.7 Å². The molecule has 1 aliphatic heterocycles. The monoisotopic (exact) mass is 615 g/mol. The van der Waals surface area contributed by atoms with E-state index in [1.807, 2.05) is 42.6 Å². The van der Waals surface area contributed by atoms with E-state index in [0.29, 0.717) is 44.0 Å². The Kier molecular flexibility index (Phi) is 8.99. The summed E-state index contributed by atoms with van der Waals surface area (Å²) in [7, 11) is 1.63. The Labute approximate surface area is 259 Å². The number of aromatic nitrogens is 6. The first-order chi connectivity index (χ1) is 21.4. The van der Waals surface area contributed by atoms with E-state index in [2.05, 4.69) is 20.3 Å². The minimum Gasteiger partial charge on any atom is -0.497 e. The molecule has 0 N–H and O–H groups in total. The summed E-state index contributed by atoms with van der Waals surface area (Å²) in [4.78, 5) is 29.2. The summed E-state index contributed by atoms with van der Waals surface area (Å²) < 4.78 is 21.9. The molecule has 6 rings (SSSR count). The van der Waals surface area contributed by atoms with Crippen LogP contribution in [0.25, 0.3) is 6.08 Å². The minimum absolute atomic E-state index is 0.0187. The highest BCUT2D eigenvalue weighted by Crippen LogP contribution is 2.40. The van der Waals surface area contributed by atoms with E-state index in [1.165, 1.54) is 17.8 Å². The van der Waals surface area contributed by atoms with Gasteiger partial charge in [-0.15, -0.1) is 10.2 Å². The molecular formula is C32H34FN7O3S. The summed E-state index contributed by atoms with van der Waals surface area (Å²) in [6, 6.07) is 15.5. The van der Waals surface area contributed by atoms with E-state index in [0.717, 1.165) is 35.4 Å². The van der Waals surface area contributed by atoms with Crippen LogP contribution in [0.3, 0.4) is 0 Å². The van der Waals surface area contributed by atoms with Gasteiger partial charge < -0.3 is 4.74 Å². The molecule has 1 aliphatic carbocycles. The highest BCUT2D eigenvalue weighted by atomic mass is 32.2. The molecular weight excluding hydrogens is 581 g/mol. The van der Waals surface area contributed by atoms with Crippen molar-refractivity contribution in [2.75, 3.05) is 20.2 Å². The molecule has 1 saturated heterocycles. The Bertz CT molecular complexity index is 1660. The standard InChI is InChI=1S/C32H34FN7O3S/c1-21(41)44-29-14-15-38(31(32(42)23-9-10-23)27-5-3-4-6-28(27)33)19-24(29)17-25-13-16-39(35-25)20-30-34-37-40(36-30)18-22-7-11-26(43-2)12-8-22/h3-8,11-13,16-17,23,29,31H,9-10,14-15,18-20H2,1-2H3/b24-17+. The fourth-order valence-corrected chi connectivity index (χ4v) is 6.49. The molecule has 44 heavy (non-hydrogen) atoms. The summed E-state index contributed by atoms with van der Waals surface area (Å²) in [6.45, 7) is 3.42. The zero-order valence-corrected chi connectivity index (χ0v) is 25.5. The molecule has 2 unspecified atom stereocenters. The number of hydrogen-bond donors (Lipinski definition) is 0. The summed E-state index contributed by atoms with van der Waals surface area (Å²) in [5.74, 6) is 1.000. The summed E-state index contributed by atoms with van der Waals surface area (Å²) >= 11 is 1.29. The quantitative estimate of drug-likeness (QED) is 0.240. The highest BCUT2D eigenvalue weighted by Gasteiger charge is 2.41. The van der Waals surface area contributed by atoms with Crippen LogP contribution in [-0.4, -0.2) is 71.2 Å². The van der Waals surface area contributed by atoms with Crippen molar-refractivity contribution in [3.63, 3.8) is 0 Å². The molecule has 12 heteroatoms. The Morgan fingerprint density at radius 3 is 2.59 bits per heavy atom. The van der Waals surface area contributed by atoms with Gasteiger partial charge in [0.05, 0.1) is 25.4 Å². The Balaban J connectivity index is 1.19. The van der Waals surface area contributed by atoms with Crippen molar-refractivity contribution in [3.05, 3.63) is 94.8 Å². The summed E-state index contributed by atoms with van der Waals surface area (Å²) in [5.41, 5.74) is 3.14. The average Bonchev–Trinajstić information content (AvgIpc) is 3.64. The van der Waals surface area contributed by atoms with Crippen LogP contribution in [0.5, 0.6) is 5.75 Å². The van der Waals surface area contributed by atoms with Gasteiger partial charge >= 0.3 is 0 Å². The Morgan fingerprint density at radius 1 is 1.07 bits per heavy atom. The Morgan fingerprint density at radius 2 is 1.86 bits per heavy atom. The van der Waals surface area contributed by atoms with E-state index in [4.69, 9.17) is 9.84 Å². The first-order valence-corrected chi connectivity index (χ1v) is 15.6. The summed E-state index contributed by atoms with van der Waals surface area (Å²) in [6.07, 6.45) is 6.20. The smallest absolute Gasteiger partial charge is 0.196 e. The van der Waals surface area contributed by atoms with Crippen LogP contribution in [0.4, 0.5) is 4.39 Å². The molecule has 228 valence electrons. The van der Waals surface area contributed by atoms with E-state index < -0.39 is 6.04 Å². The van der Waals surface area contributed by atoms with Crippen molar-refractivity contribution in [2.24, 2.45) is 5.92 Å². The van der Waals surface area contributed by atoms with Crippen LogP contribution in [0, 0.1) is 11.7 Å². The molecule has 0 amide bonds. The van der Waals surface area contributed by atoms with Crippen LogP contribution in [0.15, 0.2) is 66.4 Å². The van der Waals surface area contributed by atoms with Crippen LogP contribution < -0.4 is 4.74 Å². The number of piperidine rings is 1. The molecule has 3 heterocycles. The van der Waals surface area contributed by atoms with Crippen LogP contribution >= 0.6 is 11.8 Å². The first-order valence-electron chi connectivity index (χ1n) is 14.7. The number of hydrogen-bond acceptors (Lipinski definition) is 9. The van der Waals surface area contributed by atoms with Crippen LogP contribution in [-0.2, 0) is 22.7 Å². The van der Waals surface area contributed by atoms with E-state index in [1.54, 1.807) is 41.7 Å². The van der Waals surface area contributed by atoms with E-state index in [9.17, 15) is 14.0 Å². The number of rotatable bonds is 11. The lowest BCUT2D eigenvalue weighted by atomic mass is 9.93. The number of methoxy groups -OCH3 is 1. The third-order valence-corrected chi connectivity index (χ3v) is 9.03. The molecule has 2 aliphatic rings. The molecule has 2 aromatic heterocycles. The summed E-state index contributed by atoms with van der Waals surface area (Å²) in [5, 5.41) is 17.5. The maximum absolute atomic E-state index is 15.0. The number of halogens is 1. The first kappa shape index (κ1) is 29.9. The van der Waals surface area contributed by atoms with Crippen molar-refractivity contribution >= 4 is 28.7 Å². The number of tetrazole rings is 1. The molecule has 1 saturated carbocycles. The molecule has 0 spiro atoms. The molecule has 2 atom stereocenters. The average molecular weight is 616 g/mol. The van der Waals surface area contributed by atoms with E-state index in [-0.39, 0.29) is 27.9 Å². The Hall–Kier alpha value is -4.16. The van der Waals surface area contributed by atoms with Crippen LogP contribution in [0.2, 0.25) is 0 Å². The van der Waals surface area contributed by atoms with E-state index >= 15 is 0 Å². The lowest BCUT2D eigenvalue weighted by Crippen LogP contribution is -2.43. The molecule has 4 aromatic rings. The van der Waals surface area contributed by atoms with Gasteiger partial charge in [-0.1, -0.05) is 42.1 Å². The SMILES string of the molecule is COc1ccc(Cn2nnc(Cn3ccc(/C=C4\CN(C(C(=O)C5CC5)c5ccccc5F)CCC4SC(C)=O)n3)n2)cc1. The third-order valence-electron chi connectivity index (χ3n) is 7.88. The zero-order chi connectivity index (χ0) is 30.6. The number of benzene rings is 2. The van der Waals surface area contributed by atoms with Gasteiger partial charge in [-0.3, -0.25) is 19.2 Å². The maximum Gasteiger partial charge on any atom is 0.196 e. The lowest BCUT2D eigenvalue weighted by molar-refractivity contribution is -0.126. The molecule has 2 fully saturated rings. The zero-order valence-electron chi connectivity index (χ0n) is 24.7. The minimum atomic E-state index is -0.653. The van der Waals surface area contributed by atoms with Gasteiger partial charge in [0.25, 0.3) is 0 Å². The number of likely N-dealkylation sites (tertiary alicyclic amines) is 1. The van der Waals surface area contributed by atoms with Gasteiger partial charge in [-0.25, -0.2) is 4.39 Å². The second-order valence-electron chi connectivity index (χ2n) is 11.2. The third kappa shape index (κ3) is 7.13. The second-order valence-corrected chi connectivity index (χ2v) is 12.6. The number of ether oxygens (including phenoxy) is 1. The molecule has 2 aromatic carbocycles. The number of thioether (sulfide) groups is 1. The number of Topliss-reactive ketones (excluding diaryl/α,β-unsaturated/α-hetero) is 1. The number of carbonyl (C=O) groups excluding carboxylic acids is 2. The maximum atomic E-state index is 15.0. The van der Waals surface area contributed by atoms with Gasteiger partial charge in [0.15, 0.2) is 16.7 Å².